The van der Waals surface area contributed by atoms with Gasteiger partial charge >= 0.3 is 0 Å². The molecule has 0 bridgehead atoms. The number of piperidine rings is 2. The van der Waals surface area contributed by atoms with E-state index in [0.29, 0.717) is 0 Å². The van der Waals surface area contributed by atoms with E-state index in [-0.39, 0.29) is 0 Å². The van der Waals surface area contributed by atoms with Crippen LogP contribution in [-0.2, 0) is 0 Å². The maximum atomic E-state index is 4.93. The predicted octanol–water partition coefficient (Wildman–Crippen LogP) is 2.03. The topological polar surface area (TPSA) is 30.9 Å². The molecule has 2 unspecified atom stereocenters. The largest absolute Gasteiger partial charge is 0.357 e. The van der Waals surface area contributed by atoms with Crippen molar-refractivity contribution in [2.75, 3.05) is 46.3 Å². The van der Waals surface area contributed by atoms with Crippen LogP contribution in [0, 0.1) is 11.8 Å². The van der Waals surface area contributed by atoms with E-state index in [2.05, 4.69) is 36.0 Å². The predicted molar refractivity (Wildman–Crippen MR) is 86.2 cm³/mol. The van der Waals surface area contributed by atoms with Gasteiger partial charge in [0.05, 0.1) is 0 Å². The fraction of sp³-hybridized carbons (Fsp3) is 0.938. The van der Waals surface area contributed by atoms with Gasteiger partial charge in [-0.15, -0.1) is 0 Å². The summed E-state index contributed by atoms with van der Waals surface area (Å²) in [6.45, 7) is 11.3. The second-order valence-electron chi connectivity index (χ2n) is 6.66. The van der Waals surface area contributed by atoms with Gasteiger partial charge in [-0.2, -0.15) is 0 Å². The molecule has 0 aromatic rings. The Morgan fingerprint density at radius 3 is 2.70 bits per heavy atom. The Bertz CT molecular complexity index is 316. The molecule has 4 nitrogen and oxygen atoms in total. The van der Waals surface area contributed by atoms with E-state index >= 15 is 0 Å². The van der Waals surface area contributed by atoms with Gasteiger partial charge in [-0.25, -0.2) is 0 Å². The van der Waals surface area contributed by atoms with Crippen LogP contribution < -0.4 is 5.32 Å². The summed E-state index contributed by atoms with van der Waals surface area (Å²) in [5.41, 5.74) is 0. The summed E-state index contributed by atoms with van der Waals surface area (Å²) in [5, 5.41) is 3.49. The standard InChI is InChI=1S/C16H32N4/c1-4-17-16(20-10-5-7-14(2)12-20)18-11-15-8-6-9-19(3)13-15/h14-15H,4-13H2,1-3H3,(H,17,18). The van der Waals surface area contributed by atoms with E-state index in [0.717, 1.165) is 37.4 Å². The molecule has 4 heteroatoms. The summed E-state index contributed by atoms with van der Waals surface area (Å²) in [4.78, 5) is 9.84. The Labute approximate surface area is 124 Å². The fourth-order valence-electron chi connectivity index (χ4n) is 3.45. The van der Waals surface area contributed by atoms with Crippen LogP contribution in [0.3, 0.4) is 0 Å². The van der Waals surface area contributed by atoms with Gasteiger partial charge in [0.1, 0.15) is 0 Å². The zero-order valence-electron chi connectivity index (χ0n) is 13.6. The molecule has 2 atom stereocenters. The molecule has 2 aliphatic heterocycles. The molecule has 0 amide bonds. The summed E-state index contributed by atoms with van der Waals surface area (Å²) in [6.07, 6.45) is 5.33. The molecule has 0 aromatic heterocycles. The molecule has 116 valence electrons. The van der Waals surface area contributed by atoms with Gasteiger partial charge in [0, 0.05) is 32.7 Å². The van der Waals surface area contributed by atoms with E-state index in [4.69, 9.17) is 4.99 Å². The molecule has 1 N–H and O–H groups in total. The molecule has 0 spiro atoms. The monoisotopic (exact) mass is 280 g/mol. The Balaban J connectivity index is 1.90. The molecular formula is C16H32N4. The Morgan fingerprint density at radius 2 is 2.00 bits per heavy atom. The summed E-state index contributed by atoms with van der Waals surface area (Å²) in [5.74, 6) is 2.69. The zero-order chi connectivity index (χ0) is 14.4. The van der Waals surface area contributed by atoms with Gasteiger partial charge in [0.2, 0.25) is 0 Å². The highest BCUT2D eigenvalue weighted by Crippen LogP contribution is 2.17. The average Bonchev–Trinajstić information content (AvgIpc) is 2.43. The van der Waals surface area contributed by atoms with Gasteiger partial charge in [0.15, 0.2) is 5.96 Å². The first-order valence-corrected chi connectivity index (χ1v) is 8.40. The van der Waals surface area contributed by atoms with Gasteiger partial charge < -0.3 is 15.1 Å². The SMILES string of the molecule is CCNC(=NCC1CCCN(C)C1)N1CCCC(C)C1. The average molecular weight is 280 g/mol. The second-order valence-corrected chi connectivity index (χ2v) is 6.66. The van der Waals surface area contributed by atoms with Crippen molar-refractivity contribution in [2.24, 2.45) is 16.8 Å². The fourth-order valence-corrected chi connectivity index (χ4v) is 3.45. The van der Waals surface area contributed by atoms with Crippen molar-refractivity contribution in [3.63, 3.8) is 0 Å². The highest BCUT2D eigenvalue weighted by Gasteiger charge is 2.21. The molecule has 2 rings (SSSR count). The van der Waals surface area contributed by atoms with Crippen molar-refractivity contribution in [1.29, 1.82) is 0 Å². The first-order chi connectivity index (χ1) is 9.69. The Morgan fingerprint density at radius 1 is 1.20 bits per heavy atom. The number of hydrogen-bond donors (Lipinski definition) is 1. The summed E-state index contributed by atoms with van der Waals surface area (Å²) < 4.78 is 0. The summed E-state index contributed by atoms with van der Waals surface area (Å²) in [6, 6.07) is 0. The van der Waals surface area contributed by atoms with Crippen molar-refractivity contribution in [1.82, 2.24) is 15.1 Å². The minimum Gasteiger partial charge on any atom is -0.357 e. The van der Waals surface area contributed by atoms with Crippen LogP contribution in [0.2, 0.25) is 0 Å². The number of likely N-dealkylation sites (tertiary alicyclic amines) is 2. The number of guanidine groups is 1. The highest BCUT2D eigenvalue weighted by atomic mass is 15.3. The lowest BCUT2D eigenvalue weighted by Crippen LogP contribution is -2.46. The molecular weight excluding hydrogens is 248 g/mol. The van der Waals surface area contributed by atoms with Gasteiger partial charge in [-0.05, 0) is 58.0 Å². The lowest BCUT2D eigenvalue weighted by molar-refractivity contribution is 0.213. The highest BCUT2D eigenvalue weighted by molar-refractivity contribution is 5.80. The normalized spacial score (nSPS) is 29.6. The number of nitrogens with zero attached hydrogens (tertiary/aromatic N) is 3. The second kappa shape index (κ2) is 7.87. The molecule has 0 aromatic carbocycles. The molecule has 2 saturated heterocycles. The van der Waals surface area contributed by atoms with Crippen LogP contribution in [0.5, 0.6) is 0 Å². The third kappa shape index (κ3) is 4.65. The van der Waals surface area contributed by atoms with Crippen molar-refractivity contribution < 1.29 is 0 Å². The lowest BCUT2D eigenvalue weighted by Gasteiger charge is -2.34. The number of rotatable bonds is 3. The minimum absolute atomic E-state index is 0.740. The summed E-state index contributed by atoms with van der Waals surface area (Å²) >= 11 is 0. The number of aliphatic imine (C=N–C) groups is 1. The van der Waals surface area contributed by atoms with E-state index in [1.165, 1.54) is 45.3 Å². The molecule has 2 fully saturated rings. The maximum absolute atomic E-state index is 4.93. The Hall–Kier alpha value is -0.770. The van der Waals surface area contributed by atoms with Crippen LogP contribution >= 0.6 is 0 Å². The Kier molecular flexibility index (Phi) is 6.14. The van der Waals surface area contributed by atoms with E-state index in [1.54, 1.807) is 0 Å². The lowest BCUT2D eigenvalue weighted by atomic mass is 9.99. The minimum atomic E-state index is 0.740. The first-order valence-electron chi connectivity index (χ1n) is 8.40. The maximum Gasteiger partial charge on any atom is 0.193 e. The van der Waals surface area contributed by atoms with E-state index in [1.807, 2.05) is 0 Å². The van der Waals surface area contributed by atoms with Gasteiger partial charge in [0.25, 0.3) is 0 Å². The quantitative estimate of drug-likeness (QED) is 0.634. The van der Waals surface area contributed by atoms with Crippen molar-refractivity contribution in [2.45, 2.75) is 39.5 Å². The number of hydrogen-bond acceptors (Lipinski definition) is 2. The zero-order valence-corrected chi connectivity index (χ0v) is 13.6. The molecule has 20 heavy (non-hydrogen) atoms. The van der Waals surface area contributed by atoms with Crippen LogP contribution in [0.1, 0.15) is 39.5 Å². The van der Waals surface area contributed by atoms with Crippen molar-refractivity contribution >= 4 is 5.96 Å². The molecule has 2 aliphatic rings. The van der Waals surface area contributed by atoms with Crippen LogP contribution in [-0.4, -0.2) is 62.1 Å². The van der Waals surface area contributed by atoms with Gasteiger partial charge in [-0.3, -0.25) is 4.99 Å². The van der Waals surface area contributed by atoms with Gasteiger partial charge in [-0.1, -0.05) is 6.92 Å². The third-order valence-electron chi connectivity index (χ3n) is 4.51. The van der Waals surface area contributed by atoms with Crippen LogP contribution in [0.25, 0.3) is 0 Å². The molecule has 0 saturated carbocycles. The van der Waals surface area contributed by atoms with Crippen molar-refractivity contribution in [3.8, 4) is 0 Å². The molecule has 0 radical (unpaired) electrons. The smallest absolute Gasteiger partial charge is 0.193 e. The third-order valence-corrected chi connectivity index (χ3v) is 4.51. The summed E-state index contributed by atoms with van der Waals surface area (Å²) in [7, 11) is 2.23. The number of nitrogens with one attached hydrogen (secondary N) is 1. The van der Waals surface area contributed by atoms with Crippen LogP contribution in [0.4, 0.5) is 0 Å². The van der Waals surface area contributed by atoms with E-state index in [9.17, 15) is 0 Å². The molecule has 2 heterocycles. The van der Waals surface area contributed by atoms with E-state index < -0.39 is 0 Å². The van der Waals surface area contributed by atoms with Crippen molar-refractivity contribution in [3.05, 3.63) is 0 Å². The van der Waals surface area contributed by atoms with Crippen LogP contribution in [0.15, 0.2) is 4.99 Å². The first kappa shape index (κ1) is 15.6. The molecule has 0 aliphatic carbocycles.